The lowest BCUT2D eigenvalue weighted by Gasteiger charge is -2.12. The van der Waals surface area contributed by atoms with Crippen molar-refractivity contribution < 1.29 is 9.47 Å². The lowest BCUT2D eigenvalue weighted by Crippen LogP contribution is -2.15. The molecule has 2 aliphatic rings. The number of aryl methyl sites for hydroxylation is 2. The van der Waals surface area contributed by atoms with Crippen LogP contribution in [0.5, 0.6) is 5.75 Å². The summed E-state index contributed by atoms with van der Waals surface area (Å²) in [5.74, 6) is 1.02. The number of hydrogen-bond acceptors (Lipinski definition) is 2. The van der Waals surface area contributed by atoms with Crippen molar-refractivity contribution in [3.63, 3.8) is 0 Å². The average molecular weight is 204 g/mol. The smallest absolute Gasteiger partial charge is 0.124 e. The van der Waals surface area contributed by atoms with Gasteiger partial charge < -0.3 is 9.47 Å². The Morgan fingerprint density at radius 1 is 1.20 bits per heavy atom. The number of hydrogen-bond donors (Lipinski definition) is 0. The van der Waals surface area contributed by atoms with Gasteiger partial charge in [-0.15, -0.1) is 0 Å². The summed E-state index contributed by atoms with van der Waals surface area (Å²) >= 11 is 0. The molecule has 2 nitrogen and oxygen atoms in total. The molecule has 1 aliphatic heterocycles. The van der Waals surface area contributed by atoms with E-state index in [9.17, 15) is 0 Å². The zero-order valence-electron chi connectivity index (χ0n) is 8.87. The molecule has 1 aromatic rings. The Morgan fingerprint density at radius 2 is 2.13 bits per heavy atom. The van der Waals surface area contributed by atoms with Gasteiger partial charge >= 0.3 is 0 Å². The molecule has 80 valence electrons. The summed E-state index contributed by atoms with van der Waals surface area (Å²) in [7, 11) is 0. The van der Waals surface area contributed by atoms with Gasteiger partial charge in [-0.2, -0.15) is 0 Å². The van der Waals surface area contributed by atoms with Crippen molar-refractivity contribution in [1.82, 2.24) is 0 Å². The Morgan fingerprint density at radius 3 is 3.00 bits per heavy atom. The van der Waals surface area contributed by atoms with Gasteiger partial charge in [0.2, 0.25) is 0 Å². The lowest BCUT2D eigenvalue weighted by atomic mass is 10.1. The summed E-state index contributed by atoms with van der Waals surface area (Å²) in [6.07, 6.45) is 5.04. The van der Waals surface area contributed by atoms with Crippen LogP contribution in [0.25, 0.3) is 0 Å². The fraction of sp³-hybridized carbons (Fsp3) is 0.538. The summed E-state index contributed by atoms with van der Waals surface area (Å²) in [6.45, 7) is 1.59. The van der Waals surface area contributed by atoms with Gasteiger partial charge in [0.05, 0.1) is 13.2 Å². The van der Waals surface area contributed by atoms with Gasteiger partial charge in [-0.05, 0) is 42.5 Å². The quantitative estimate of drug-likeness (QED) is 0.736. The maximum absolute atomic E-state index is 5.88. The van der Waals surface area contributed by atoms with E-state index in [1.165, 1.54) is 30.4 Å². The van der Waals surface area contributed by atoms with Gasteiger partial charge in [0, 0.05) is 6.42 Å². The Kier molecular flexibility index (Phi) is 2.37. The monoisotopic (exact) mass is 204 g/mol. The molecule has 1 saturated heterocycles. The third kappa shape index (κ3) is 1.86. The molecule has 0 saturated carbocycles. The normalized spacial score (nSPS) is 24.1. The van der Waals surface area contributed by atoms with Crippen molar-refractivity contribution >= 4 is 0 Å². The molecule has 1 aromatic carbocycles. The standard InChI is InChI=1S/C13H16O2/c1-2-10-4-5-12(8-11(10)3-1)15-13-6-7-14-9-13/h4-5,8,13H,1-3,6-7,9H2/t13-/m1/s1. The summed E-state index contributed by atoms with van der Waals surface area (Å²) in [5, 5.41) is 0. The van der Waals surface area contributed by atoms with E-state index in [4.69, 9.17) is 9.47 Å². The van der Waals surface area contributed by atoms with E-state index in [0.29, 0.717) is 0 Å². The SMILES string of the molecule is c1cc2c(cc1O[C@@H]1CCOC1)CCC2. The van der Waals surface area contributed by atoms with Crippen LogP contribution in [-0.2, 0) is 17.6 Å². The molecule has 1 atom stereocenters. The van der Waals surface area contributed by atoms with Gasteiger partial charge in [-0.1, -0.05) is 6.07 Å². The first-order valence-corrected chi connectivity index (χ1v) is 5.78. The van der Waals surface area contributed by atoms with Crippen LogP contribution in [0.1, 0.15) is 24.0 Å². The van der Waals surface area contributed by atoms with E-state index in [-0.39, 0.29) is 6.10 Å². The molecular weight excluding hydrogens is 188 g/mol. The van der Waals surface area contributed by atoms with Crippen molar-refractivity contribution in [3.8, 4) is 5.75 Å². The number of benzene rings is 1. The summed E-state index contributed by atoms with van der Waals surface area (Å²) in [4.78, 5) is 0. The molecule has 2 heteroatoms. The van der Waals surface area contributed by atoms with E-state index >= 15 is 0 Å². The second-order valence-corrected chi connectivity index (χ2v) is 4.39. The van der Waals surface area contributed by atoms with Gasteiger partial charge in [0.15, 0.2) is 0 Å². The highest BCUT2D eigenvalue weighted by atomic mass is 16.5. The van der Waals surface area contributed by atoms with Crippen molar-refractivity contribution in [2.75, 3.05) is 13.2 Å². The summed E-state index contributed by atoms with van der Waals surface area (Å²) < 4.78 is 11.2. The van der Waals surface area contributed by atoms with E-state index in [2.05, 4.69) is 18.2 Å². The Hall–Kier alpha value is -1.02. The van der Waals surface area contributed by atoms with E-state index in [1.807, 2.05) is 0 Å². The predicted octanol–water partition coefficient (Wildman–Crippen LogP) is 2.34. The summed E-state index contributed by atoms with van der Waals surface area (Å²) in [5.41, 5.74) is 2.98. The first kappa shape index (κ1) is 9.22. The molecule has 0 amide bonds. The third-order valence-electron chi connectivity index (χ3n) is 3.26. The Balaban J connectivity index is 1.75. The first-order valence-electron chi connectivity index (χ1n) is 5.78. The maximum atomic E-state index is 5.88. The average Bonchev–Trinajstić information content (AvgIpc) is 2.87. The van der Waals surface area contributed by atoms with Crippen LogP contribution in [0.2, 0.25) is 0 Å². The molecule has 1 aliphatic carbocycles. The molecule has 0 N–H and O–H groups in total. The first-order chi connectivity index (χ1) is 7.42. The Labute approximate surface area is 90.2 Å². The van der Waals surface area contributed by atoms with E-state index in [0.717, 1.165) is 25.4 Å². The van der Waals surface area contributed by atoms with Gasteiger partial charge in [0.25, 0.3) is 0 Å². The number of fused-ring (bicyclic) bond motifs is 1. The van der Waals surface area contributed by atoms with Crippen LogP contribution in [-0.4, -0.2) is 19.3 Å². The highest BCUT2D eigenvalue weighted by Crippen LogP contribution is 2.27. The minimum absolute atomic E-state index is 0.268. The highest BCUT2D eigenvalue weighted by Gasteiger charge is 2.18. The van der Waals surface area contributed by atoms with Crippen molar-refractivity contribution in [2.45, 2.75) is 31.8 Å². The van der Waals surface area contributed by atoms with Crippen LogP contribution in [0.15, 0.2) is 18.2 Å². The van der Waals surface area contributed by atoms with Gasteiger partial charge in [-0.3, -0.25) is 0 Å². The maximum Gasteiger partial charge on any atom is 0.124 e. The Bertz CT molecular complexity index is 354. The lowest BCUT2D eigenvalue weighted by molar-refractivity contribution is 0.141. The molecule has 0 bridgehead atoms. The van der Waals surface area contributed by atoms with E-state index < -0.39 is 0 Å². The summed E-state index contributed by atoms with van der Waals surface area (Å²) in [6, 6.07) is 6.52. The van der Waals surface area contributed by atoms with Crippen molar-refractivity contribution in [3.05, 3.63) is 29.3 Å². The zero-order valence-corrected chi connectivity index (χ0v) is 8.87. The van der Waals surface area contributed by atoms with Crippen LogP contribution in [0, 0.1) is 0 Å². The van der Waals surface area contributed by atoms with E-state index in [1.54, 1.807) is 0 Å². The van der Waals surface area contributed by atoms with Crippen molar-refractivity contribution in [2.24, 2.45) is 0 Å². The van der Waals surface area contributed by atoms with Crippen molar-refractivity contribution in [1.29, 1.82) is 0 Å². The minimum atomic E-state index is 0.268. The number of ether oxygens (including phenoxy) is 2. The molecule has 0 aromatic heterocycles. The molecule has 1 fully saturated rings. The molecule has 0 unspecified atom stereocenters. The van der Waals surface area contributed by atoms with Crippen LogP contribution < -0.4 is 4.74 Å². The second kappa shape index (κ2) is 3.86. The number of rotatable bonds is 2. The molecule has 0 spiro atoms. The second-order valence-electron chi connectivity index (χ2n) is 4.39. The van der Waals surface area contributed by atoms with Gasteiger partial charge in [0.1, 0.15) is 11.9 Å². The molecule has 0 radical (unpaired) electrons. The van der Waals surface area contributed by atoms with Crippen LogP contribution in [0.4, 0.5) is 0 Å². The predicted molar refractivity (Wildman–Crippen MR) is 58.3 cm³/mol. The molecular formula is C13H16O2. The largest absolute Gasteiger partial charge is 0.488 e. The van der Waals surface area contributed by atoms with Gasteiger partial charge in [-0.25, -0.2) is 0 Å². The fourth-order valence-corrected chi connectivity index (χ4v) is 2.42. The third-order valence-corrected chi connectivity index (χ3v) is 3.26. The zero-order chi connectivity index (χ0) is 10.1. The highest BCUT2D eigenvalue weighted by molar-refractivity contribution is 5.38. The fourth-order valence-electron chi connectivity index (χ4n) is 2.42. The molecule has 1 heterocycles. The van der Waals surface area contributed by atoms with Crippen LogP contribution in [0.3, 0.4) is 0 Å². The topological polar surface area (TPSA) is 18.5 Å². The minimum Gasteiger partial charge on any atom is -0.488 e. The molecule has 3 rings (SSSR count). The molecule has 15 heavy (non-hydrogen) atoms. The van der Waals surface area contributed by atoms with Crippen LogP contribution >= 0.6 is 0 Å².